The van der Waals surface area contributed by atoms with Gasteiger partial charge in [0.1, 0.15) is 17.6 Å². The quantitative estimate of drug-likeness (QED) is 0.802. The molecule has 0 N–H and O–H groups in total. The number of hydrogen-bond donors (Lipinski definition) is 0. The van der Waals surface area contributed by atoms with E-state index in [4.69, 9.17) is 9.15 Å². The van der Waals surface area contributed by atoms with Crippen molar-refractivity contribution < 1.29 is 13.9 Å². The number of amides is 1. The summed E-state index contributed by atoms with van der Waals surface area (Å²) in [6.45, 7) is 2.93. The van der Waals surface area contributed by atoms with E-state index in [1.807, 2.05) is 0 Å². The summed E-state index contributed by atoms with van der Waals surface area (Å²) >= 11 is 3.33. The first-order valence-electron chi connectivity index (χ1n) is 7.69. The van der Waals surface area contributed by atoms with E-state index in [9.17, 15) is 9.59 Å². The molecular formula is C17H17BrN2O4. The minimum Gasteiger partial charge on any atom is -0.490 e. The first-order chi connectivity index (χ1) is 11.5. The summed E-state index contributed by atoms with van der Waals surface area (Å²) in [6.07, 6.45) is 4.63. The number of halogens is 1. The predicted octanol–water partition coefficient (Wildman–Crippen LogP) is 2.79. The summed E-state index contributed by atoms with van der Waals surface area (Å²) in [5.41, 5.74) is 0.153. The highest BCUT2D eigenvalue weighted by molar-refractivity contribution is 9.10. The van der Waals surface area contributed by atoms with E-state index in [2.05, 4.69) is 20.9 Å². The lowest BCUT2D eigenvalue weighted by atomic mass is 10.1. The van der Waals surface area contributed by atoms with Crippen molar-refractivity contribution in [2.24, 2.45) is 0 Å². The van der Waals surface area contributed by atoms with Crippen molar-refractivity contribution in [3.63, 3.8) is 0 Å². The van der Waals surface area contributed by atoms with Crippen molar-refractivity contribution in [2.75, 3.05) is 13.1 Å². The molecule has 0 saturated carbocycles. The Labute approximate surface area is 147 Å². The third-order valence-electron chi connectivity index (χ3n) is 3.85. The molecule has 2 aromatic rings. The van der Waals surface area contributed by atoms with Crippen LogP contribution in [0.4, 0.5) is 0 Å². The lowest BCUT2D eigenvalue weighted by molar-refractivity contribution is 0.0594. The van der Waals surface area contributed by atoms with Gasteiger partial charge >= 0.3 is 5.63 Å². The third-order valence-corrected chi connectivity index (χ3v) is 4.28. The molecule has 1 saturated heterocycles. The average Bonchev–Trinajstić information content (AvgIpc) is 2.54. The number of hydrogen-bond acceptors (Lipinski definition) is 5. The lowest BCUT2D eigenvalue weighted by Gasteiger charge is -2.32. The number of aryl methyl sites for hydroxylation is 1. The van der Waals surface area contributed by atoms with E-state index in [0.29, 0.717) is 43.0 Å². The molecule has 0 aliphatic carbocycles. The highest BCUT2D eigenvalue weighted by Crippen LogP contribution is 2.20. The van der Waals surface area contributed by atoms with Crippen LogP contribution in [0.2, 0.25) is 0 Å². The molecule has 0 atom stereocenters. The fraction of sp³-hybridized carbons (Fsp3) is 0.353. The van der Waals surface area contributed by atoms with Gasteiger partial charge < -0.3 is 14.1 Å². The van der Waals surface area contributed by atoms with Crippen LogP contribution in [-0.4, -0.2) is 35.0 Å². The summed E-state index contributed by atoms with van der Waals surface area (Å²) in [6, 6.07) is 4.81. The fourth-order valence-electron chi connectivity index (χ4n) is 2.72. The number of rotatable bonds is 3. The minimum absolute atomic E-state index is 0.0177. The van der Waals surface area contributed by atoms with Gasteiger partial charge in [-0.15, -0.1) is 0 Å². The molecule has 24 heavy (non-hydrogen) atoms. The Kier molecular flexibility index (Phi) is 4.99. The summed E-state index contributed by atoms with van der Waals surface area (Å²) < 4.78 is 11.6. The number of carbonyl (C=O) groups excluding carboxylic acids is 1. The van der Waals surface area contributed by atoms with Crippen LogP contribution in [0, 0.1) is 6.92 Å². The molecule has 7 heteroatoms. The molecule has 0 spiro atoms. The van der Waals surface area contributed by atoms with Crippen LogP contribution in [-0.2, 0) is 0 Å². The maximum Gasteiger partial charge on any atom is 0.339 e. The van der Waals surface area contributed by atoms with Crippen LogP contribution >= 0.6 is 15.9 Å². The third kappa shape index (κ3) is 4.03. The van der Waals surface area contributed by atoms with Gasteiger partial charge in [0, 0.05) is 48.9 Å². The highest BCUT2D eigenvalue weighted by atomic mass is 79.9. The van der Waals surface area contributed by atoms with Crippen LogP contribution in [0.3, 0.4) is 0 Å². The topological polar surface area (TPSA) is 72.6 Å². The van der Waals surface area contributed by atoms with Crippen molar-refractivity contribution in [3.8, 4) is 5.75 Å². The molecule has 1 aliphatic rings. The molecule has 3 rings (SSSR count). The van der Waals surface area contributed by atoms with E-state index >= 15 is 0 Å². The van der Waals surface area contributed by atoms with E-state index in [-0.39, 0.29) is 12.0 Å². The van der Waals surface area contributed by atoms with Crippen LogP contribution < -0.4 is 10.4 Å². The number of aromatic nitrogens is 1. The number of nitrogens with zero attached hydrogens (tertiary/aromatic N) is 2. The maximum atomic E-state index is 12.5. The van der Waals surface area contributed by atoms with Crippen molar-refractivity contribution in [1.82, 2.24) is 9.88 Å². The zero-order valence-corrected chi connectivity index (χ0v) is 14.8. The molecule has 2 aromatic heterocycles. The second-order valence-electron chi connectivity index (χ2n) is 5.72. The molecule has 6 nitrogen and oxygen atoms in total. The molecule has 0 unspecified atom stereocenters. The molecule has 1 fully saturated rings. The van der Waals surface area contributed by atoms with Gasteiger partial charge in [0.15, 0.2) is 0 Å². The molecule has 0 aromatic carbocycles. The Morgan fingerprint density at radius 3 is 2.71 bits per heavy atom. The number of piperidine rings is 1. The summed E-state index contributed by atoms with van der Waals surface area (Å²) in [7, 11) is 0. The second-order valence-corrected chi connectivity index (χ2v) is 6.64. The van der Waals surface area contributed by atoms with Crippen molar-refractivity contribution >= 4 is 21.8 Å². The lowest BCUT2D eigenvalue weighted by Crippen LogP contribution is -2.41. The van der Waals surface area contributed by atoms with Gasteiger partial charge in [0.2, 0.25) is 0 Å². The monoisotopic (exact) mass is 392 g/mol. The first-order valence-corrected chi connectivity index (χ1v) is 8.49. The Hall–Kier alpha value is -2.15. The molecule has 0 bridgehead atoms. The average molecular weight is 393 g/mol. The number of ether oxygens (including phenoxy) is 1. The first kappa shape index (κ1) is 16.7. The molecule has 126 valence electrons. The number of likely N-dealkylation sites (tertiary alicyclic amines) is 1. The van der Waals surface area contributed by atoms with Crippen LogP contribution in [0.5, 0.6) is 5.75 Å². The van der Waals surface area contributed by atoms with Crippen LogP contribution in [0.25, 0.3) is 0 Å². The van der Waals surface area contributed by atoms with Gasteiger partial charge in [-0.2, -0.15) is 0 Å². The Bertz CT molecular complexity index is 797. The van der Waals surface area contributed by atoms with Gasteiger partial charge in [-0.3, -0.25) is 9.78 Å². The zero-order valence-electron chi connectivity index (χ0n) is 13.2. The fourth-order valence-corrected chi connectivity index (χ4v) is 3.09. The summed E-state index contributed by atoms with van der Waals surface area (Å²) in [5.74, 6) is 1.01. The normalized spacial score (nSPS) is 15.3. The smallest absolute Gasteiger partial charge is 0.339 e. The van der Waals surface area contributed by atoms with Gasteiger partial charge in [0.25, 0.3) is 5.91 Å². The van der Waals surface area contributed by atoms with Gasteiger partial charge in [-0.1, -0.05) is 0 Å². The molecule has 3 heterocycles. The summed E-state index contributed by atoms with van der Waals surface area (Å²) in [5, 5.41) is 0. The largest absolute Gasteiger partial charge is 0.490 e. The summed E-state index contributed by atoms with van der Waals surface area (Å²) in [4.78, 5) is 29.7. The molecule has 0 radical (unpaired) electrons. The van der Waals surface area contributed by atoms with Crippen molar-refractivity contribution in [2.45, 2.75) is 25.9 Å². The van der Waals surface area contributed by atoms with Crippen molar-refractivity contribution in [3.05, 3.63) is 56.8 Å². The van der Waals surface area contributed by atoms with Gasteiger partial charge in [-0.05, 0) is 28.9 Å². The van der Waals surface area contributed by atoms with Gasteiger partial charge in [-0.25, -0.2) is 4.79 Å². The van der Waals surface area contributed by atoms with Crippen LogP contribution in [0.15, 0.2) is 44.3 Å². The van der Waals surface area contributed by atoms with E-state index in [1.165, 1.54) is 6.07 Å². The molecule has 1 amide bonds. The second kappa shape index (κ2) is 7.17. The Morgan fingerprint density at radius 2 is 2.04 bits per heavy atom. The predicted molar refractivity (Wildman–Crippen MR) is 91.2 cm³/mol. The minimum atomic E-state index is -0.417. The number of carbonyl (C=O) groups is 1. The van der Waals surface area contributed by atoms with Crippen LogP contribution in [0.1, 0.15) is 29.0 Å². The molecular weight excluding hydrogens is 376 g/mol. The van der Waals surface area contributed by atoms with E-state index in [1.54, 1.807) is 36.4 Å². The zero-order chi connectivity index (χ0) is 17.1. The van der Waals surface area contributed by atoms with E-state index in [0.717, 1.165) is 4.47 Å². The Balaban J connectivity index is 1.59. The number of pyridine rings is 1. The van der Waals surface area contributed by atoms with Gasteiger partial charge in [0.05, 0.1) is 11.6 Å². The van der Waals surface area contributed by atoms with E-state index < -0.39 is 5.63 Å². The molecule has 1 aliphatic heterocycles. The van der Waals surface area contributed by atoms with Crippen molar-refractivity contribution in [1.29, 1.82) is 0 Å². The highest BCUT2D eigenvalue weighted by Gasteiger charge is 2.25. The standard InChI is InChI=1S/C17H17BrN2O4/c1-11-6-15(8-16(21)23-11)24-14-2-4-20(5-3-14)17(22)12-7-13(18)10-19-9-12/h6-10,14H,2-5H2,1H3. The SMILES string of the molecule is Cc1cc(OC2CCN(C(=O)c3cncc(Br)c3)CC2)cc(=O)o1. The maximum absolute atomic E-state index is 12.5. The Morgan fingerprint density at radius 1 is 1.29 bits per heavy atom.